The van der Waals surface area contributed by atoms with Crippen LogP contribution in [0, 0.1) is 20.8 Å². The summed E-state index contributed by atoms with van der Waals surface area (Å²) in [6, 6.07) is 14.1. The lowest BCUT2D eigenvalue weighted by molar-refractivity contribution is 0.747. The number of nitrogens with zero attached hydrogens (tertiary/aromatic N) is 6. The van der Waals surface area contributed by atoms with E-state index in [4.69, 9.17) is 4.98 Å². The van der Waals surface area contributed by atoms with E-state index in [-0.39, 0.29) is 0 Å². The van der Waals surface area contributed by atoms with Crippen LogP contribution in [0.1, 0.15) is 22.5 Å². The lowest BCUT2D eigenvalue weighted by atomic mass is 10.1. The average molecular weight is 362 g/mol. The first-order chi connectivity index (χ1) is 12.6. The molecule has 0 unspecified atom stereocenters. The molecular weight excluding hydrogens is 344 g/mol. The van der Waals surface area contributed by atoms with E-state index in [1.54, 1.807) is 16.4 Å². The molecule has 6 nitrogen and oxygen atoms in total. The summed E-state index contributed by atoms with van der Waals surface area (Å²) in [6.07, 6.45) is 0. The van der Waals surface area contributed by atoms with Crippen LogP contribution < -0.4 is 0 Å². The third-order valence-corrected chi connectivity index (χ3v) is 5.20. The average Bonchev–Trinajstić information content (AvgIpc) is 3.08. The van der Waals surface area contributed by atoms with Crippen LogP contribution in [0.15, 0.2) is 47.6 Å². The normalized spacial score (nSPS) is 11.2. The van der Waals surface area contributed by atoms with Crippen LogP contribution in [0.4, 0.5) is 0 Å². The molecule has 2 aromatic carbocycles. The molecule has 0 bridgehead atoms. The lowest BCUT2D eigenvalue weighted by Gasteiger charge is -2.11. The maximum absolute atomic E-state index is 4.75. The molecule has 26 heavy (non-hydrogen) atoms. The Balaban J connectivity index is 1.64. The van der Waals surface area contributed by atoms with Crippen LogP contribution in [-0.2, 0) is 5.75 Å². The number of para-hydroxylation sites is 3. The van der Waals surface area contributed by atoms with E-state index in [1.807, 2.05) is 37.3 Å². The molecule has 4 rings (SSSR count). The number of fused-ring (bicyclic) bond motifs is 1. The van der Waals surface area contributed by atoms with Gasteiger partial charge in [-0.15, -0.1) is 5.10 Å². The van der Waals surface area contributed by atoms with Gasteiger partial charge in [0.25, 0.3) is 0 Å². The number of aromatic nitrogens is 6. The Kier molecular flexibility index (Phi) is 4.38. The SMILES string of the molecule is Cc1cccc(C)c1-n1nnnc1SCc1nc2ccccc2nc1C. The van der Waals surface area contributed by atoms with Gasteiger partial charge in [0.2, 0.25) is 5.16 Å². The number of aryl methyl sites for hydroxylation is 3. The number of benzene rings is 2. The van der Waals surface area contributed by atoms with E-state index in [0.29, 0.717) is 5.75 Å². The standard InChI is InChI=1S/C19H18N6S/c1-12-7-6-8-13(2)18(12)25-19(22-23-24-25)26-11-17-14(3)20-15-9-4-5-10-16(15)21-17/h4-10H,11H2,1-3H3. The predicted molar refractivity (Wildman–Crippen MR) is 102 cm³/mol. The Morgan fingerprint density at radius 1 is 0.885 bits per heavy atom. The molecule has 0 N–H and O–H groups in total. The van der Waals surface area contributed by atoms with Gasteiger partial charge in [-0.05, 0) is 54.5 Å². The van der Waals surface area contributed by atoms with Crippen molar-refractivity contribution in [3.8, 4) is 5.69 Å². The van der Waals surface area contributed by atoms with Crippen molar-refractivity contribution in [3.63, 3.8) is 0 Å². The first kappa shape index (κ1) is 16.7. The van der Waals surface area contributed by atoms with Crippen molar-refractivity contribution in [3.05, 3.63) is 65.0 Å². The Hall–Kier alpha value is -2.80. The van der Waals surface area contributed by atoms with Crippen molar-refractivity contribution in [1.29, 1.82) is 0 Å². The van der Waals surface area contributed by atoms with E-state index in [1.165, 1.54) is 0 Å². The minimum absolute atomic E-state index is 0.662. The van der Waals surface area contributed by atoms with E-state index in [0.717, 1.165) is 44.4 Å². The molecule has 4 aromatic rings. The minimum atomic E-state index is 0.662. The Morgan fingerprint density at radius 2 is 1.58 bits per heavy atom. The largest absolute Gasteiger partial charge is 0.250 e. The van der Waals surface area contributed by atoms with Crippen LogP contribution in [0.3, 0.4) is 0 Å². The van der Waals surface area contributed by atoms with Gasteiger partial charge < -0.3 is 0 Å². The molecule has 0 aliphatic heterocycles. The molecular formula is C19H18N6S. The third-order valence-electron chi connectivity index (χ3n) is 4.27. The molecule has 0 saturated heterocycles. The van der Waals surface area contributed by atoms with Crippen LogP contribution >= 0.6 is 11.8 Å². The smallest absolute Gasteiger partial charge is 0.214 e. The van der Waals surface area contributed by atoms with Gasteiger partial charge >= 0.3 is 0 Å². The van der Waals surface area contributed by atoms with Crippen molar-refractivity contribution < 1.29 is 0 Å². The summed E-state index contributed by atoms with van der Waals surface area (Å²) in [6.45, 7) is 6.12. The van der Waals surface area contributed by atoms with Crippen LogP contribution in [0.2, 0.25) is 0 Å². The quantitative estimate of drug-likeness (QED) is 0.514. The Morgan fingerprint density at radius 3 is 2.31 bits per heavy atom. The molecule has 7 heteroatoms. The summed E-state index contributed by atoms with van der Waals surface area (Å²) in [5, 5.41) is 13.0. The van der Waals surface area contributed by atoms with Crippen LogP contribution in [0.25, 0.3) is 16.7 Å². The number of tetrazole rings is 1. The zero-order chi connectivity index (χ0) is 18.1. The van der Waals surface area contributed by atoms with Crippen LogP contribution in [0.5, 0.6) is 0 Å². The lowest BCUT2D eigenvalue weighted by Crippen LogP contribution is -2.04. The minimum Gasteiger partial charge on any atom is -0.250 e. The molecule has 0 saturated carbocycles. The van der Waals surface area contributed by atoms with Crippen molar-refractivity contribution in [2.24, 2.45) is 0 Å². The Labute approximate surface area is 155 Å². The number of thioether (sulfide) groups is 1. The zero-order valence-corrected chi connectivity index (χ0v) is 15.7. The highest BCUT2D eigenvalue weighted by Gasteiger charge is 2.14. The molecule has 2 heterocycles. The summed E-state index contributed by atoms with van der Waals surface area (Å²) in [4.78, 5) is 9.40. The molecule has 0 fully saturated rings. The summed E-state index contributed by atoms with van der Waals surface area (Å²) in [5.41, 5.74) is 7.01. The van der Waals surface area contributed by atoms with Gasteiger partial charge in [0, 0.05) is 5.75 Å². The maximum Gasteiger partial charge on any atom is 0.214 e. The monoisotopic (exact) mass is 362 g/mol. The summed E-state index contributed by atoms with van der Waals surface area (Å²) >= 11 is 1.57. The molecule has 2 aromatic heterocycles. The summed E-state index contributed by atoms with van der Waals surface area (Å²) in [5.74, 6) is 0.662. The number of hydrogen-bond donors (Lipinski definition) is 0. The highest BCUT2D eigenvalue weighted by molar-refractivity contribution is 7.98. The Bertz CT molecular complexity index is 1070. The first-order valence-corrected chi connectivity index (χ1v) is 9.32. The highest BCUT2D eigenvalue weighted by Crippen LogP contribution is 2.26. The first-order valence-electron chi connectivity index (χ1n) is 8.33. The summed E-state index contributed by atoms with van der Waals surface area (Å²) in [7, 11) is 0. The van der Waals surface area contributed by atoms with E-state index >= 15 is 0 Å². The number of rotatable bonds is 4. The fourth-order valence-electron chi connectivity index (χ4n) is 2.94. The maximum atomic E-state index is 4.75. The van der Waals surface area contributed by atoms with Gasteiger partial charge in [-0.3, -0.25) is 0 Å². The van der Waals surface area contributed by atoms with Gasteiger partial charge in [0.15, 0.2) is 0 Å². The van der Waals surface area contributed by atoms with Crippen molar-refractivity contribution >= 4 is 22.8 Å². The third kappa shape index (κ3) is 3.06. The van der Waals surface area contributed by atoms with Gasteiger partial charge in [-0.25, -0.2) is 9.97 Å². The zero-order valence-electron chi connectivity index (χ0n) is 14.8. The predicted octanol–water partition coefficient (Wildman–Crippen LogP) is 3.82. The van der Waals surface area contributed by atoms with E-state index < -0.39 is 0 Å². The van der Waals surface area contributed by atoms with Gasteiger partial charge in [0.1, 0.15) is 0 Å². The van der Waals surface area contributed by atoms with Crippen LogP contribution in [-0.4, -0.2) is 30.2 Å². The second kappa shape index (κ2) is 6.84. The van der Waals surface area contributed by atoms with E-state index in [9.17, 15) is 0 Å². The van der Waals surface area contributed by atoms with Gasteiger partial charge in [-0.2, -0.15) is 4.68 Å². The fraction of sp³-hybridized carbons (Fsp3) is 0.211. The second-order valence-corrected chi connectivity index (χ2v) is 7.09. The molecule has 0 atom stereocenters. The van der Waals surface area contributed by atoms with Gasteiger partial charge in [0.05, 0.1) is 28.1 Å². The topological polar surface area (TPSA) is 69.4 Å². The number of hydrogen-bond acceptors (Lipinski definition) is 6. The second-order valence-electron chi connectivity index (χ2n) is 6.15. The molecule has 0 aliphatic carbocycles. The fourth-order valence-corrected chi connectivity index (χ4v) is 3.83. The van der Waals surface area contributed by atoms with Crippen molar-refractivity contribution in [2.75, 3.05) is 0 Å². The molecule has 0 aliphatic rings. The van der Waals surface area contributed by atoms with E-state index in [2.05, 4.69) is 46.5 Å². The van der Waals surface area contributed by atoms with Crippen molar-refractivity contribution in [2.45, 2.75) is 31.7 Å². The molecule has 0 radical (unpaired) electrons. The molecule has 0 amide bonds. The molecule has 130 valence electrons. The molecule has 0 spiro atoms. The van der Waals surface area contributed by atoms with Crippen molar-refractivity contribution in [1.82, 2.24) is 30.2 Å². The van der Waals surface area contributed by atoms with Gasteiger partial charge in [-0.1, -0.05) is 42.1 Å². The highest BCUT2D eigenvalue weighted by atomic mass is 32.2. The summed E-state index contributed by atoms with van der Waals surface area (Å²) < 4.78 is 1.80.